The second-order valence-electron chi connectivity index (χ2n) is 13.3. The fraction of sp³-hybridized carbons (Fsp3) is 0.442. The molecule has 4 aromatic carbocycles. The largest absolute Gasteiger partial charge is 0.486 e. The third kappa shape index (κ3) is 9.44. The van der Waals surface area contributed by atoms with E-state index in [1.54, 1.807) is 16.8 Å². The number of fused-ring (bicyclic) bond motifs is 3. The van der Waals surface area contributed by atoms with Crippen LogP contribution in [0.25, 0.3) is 0 Å². The Bertz CT molecular complexity index is 1650. The molecule has 0 amide bonds. The maximum absolute atomic E-state index is 5.38. The van der Waals surface area contributed by atoms with Crippen LogP contribution < -0.4 is 28.7 Å². The number of nitrogens with zero attached hydrogens (tertiary/aromatic N) is 2. The van der Waals surface area contributed by atoms with Crippen molar-refractivity contribution in [2.75, 3.05) is 56.5 Å². The monoisotopic (exact) mass is 666 g/mol. The van der Waals surface area contributed by atoms with Crippen LogP contribution in [0.2, 0.25) is 0 Å². The third-order valence-electron chi connectivity index (χ3n) is 9.29. The van der Waals surface area contributed by atoms with Crippen molar-refractivity contribution in [3.63, 3.8) is 0 Å². The molecule has 0 saturated heterocycles. The third-order valence-corrected chi connectivity index (χ3v) is 9.29. The normalized spacial score (nSPS) is 15.5. The summed E-state index contributed by atoms with van der Waals surface area (Å²) in [6.45, 7) is 13.9. The molecule has 0 aromatic heterocycles. The Hall–Kier alpha value is -4.32. The lowest BCUT2D eigenvalue weighted by molar-refractivity contribution is 0.171. The minimum Gasteiger partial charge on any atom is -0.486 e. The van der Waals surface area contributed by atoms with Crippen LogP contribution in [0.1, 0.15) is 73.1 Å². The molecule has 5 aliphatic rings. The molecule has 6 heteroatoms. The molecule has 0 unspecified atom stereocenters. The van der Waals surface area contributed by atoms with E-state index in [1.807, 2.05) is 50.2 Å². The number of ether oxygens (including phenoxy) is 4. The number of aryl methyl sites for hydroxylation is 7. The first kappa shape index (κ1) is 37.5. The predicted octanol–water partition coefficient (Wildman–Crippen LogP) is 9.83. The number of hydrogen-bond acceptors (Lipinski definition) is 6. The van der Waals surface area contributed by atoms with Crippen LogP contribution in [0, 0.1) is 27.7 Å². The van der Waals surface area contributed by atoms with E-state index >= 15 is 0 Å². The quantitative estimate of drug-likeness (QED) is 0.186. The summed E-state index contributed by atoms with van der Waals surface area (Å²) in [5.41, 5.74) is 13.0. The van der Waals surface area contributed by atoms with Gasteiger partial charge in [-0.2, -0.15) is 0 Å². The summed E-state index contributed by atoms with van der Waals surface area (Å²) in [7, 11) is 2.17. The molecule has 0 bridgehead atoms. The number of rotatable bonds is 0. The van der Waals surface area contributed by atoms with Gasteiger partial charge < -0.3 is 28.7 Å². The Morgan fingerprint density at radius 3 is 1.61 bits per heavy atom. The van der Waals surface area contributed by atoms with E-state index in [2.05, 4.69) is 61.0 Å². The number of hydrogen-bond donors (Lipinski definition) is 0. The average molecular weight is 667 g/mol. The SMILES string of the molecule is C.C.Cc1cc2c3c(c1)CCCN3CCC2.Cc1ccc2c(c1)CCCN2C.Cc1ccc2c(c1)OCCO2.Cc1ccc2c(c1)OCO2. The maximum atomic E-state index is 5.38. The van der Waals surface area contributed by atoms with Gasteiger partial charge in [-0.3, -0.25) is 0 Å². The Labute approximate surface area is 296 Å². The molecule has 49 heavy (non-hydrogen) atoms. The Morgan fingerprint density at radius 2 is 0.959 bits per heavy atom. The fourth-order valence-corrected chi connectivity index (χ4v) is 7.05. The molecule has 0 radical (unpaired) electrons. The second kappa shape index (κ2) is 17.4. The van der Waals surface area contributed by atoms with Gasteiger partial charge in [0.25, 0.3) is 0 Å². The Kier molecular flexibility index (Phi) is 13.3. The molecule has 0 saturated carbocycles. The lowest BCUT2D eigenvalue weighted by Gasteiger charge is -2.37. The molecule has 0 aliphatic carbocycles. The van der Waals surface area contributed by atoms with Crippen molar-refractivity contribution in [2.45, 2.75) is 81.1 Å². The zero-order valence-electron chi connectivity index (χ0n) is 28.9. The average Bonchev–Trinajstić information content (AvgIpc) is 3.54. The summed E-state index contributed by atoms with van der Waals surface area (Å²) in [5, 5.41) is 0. The van der Waals surface area contributed by atoms with Gasteiger partial charge in [-0.1, -0.05) is 62.4 Å². The van der Waals surface area contributed by atoms with Crippen molar-refractivity contribution in [1.82, 2.24) is 0 Å². The maximum Gasteiger partial charge on any atom is 0.231 e. The van der Waals surface area contributed by atoms with Crippen molar-refractivity contribution in [1.29, 1.82) is 0 Å². The van der Waals surface area contributed by atoms with Crippen LogP contribution in [-0.4, -0.2) is 46.7 Å². The molecule has 0 fully saturated rings. The van der Waals surface area contributed by atoms with Crippen LogP contribution in [0.3, 0.4) is 0 Å². The van der Waals surface area contributed by atoms with E-state index in [9.17, 15) is 0 Å². The van der Waals surface area contributed by atoms with Crippen LogP contribution >= 0.6 is 0 Å². The molecule has 0 spiro atoms. The summed E-state index contributed by atoms with van der Waals surface area (Å²) in [4.78, 5) is 4.94. The minimum absolute atomic E-state index is 0. The highest BCUT2D eigenvalue weighted by Gasteiger charge is 2.23. The number of benzene rings is 4. The zero-order chi connectivity index (χ0) is 32.8. The van der Waals surface area contributed by atoms with Crippen LogP contribution in [0.15, 0.2) is 66.7 Å². The second-order valence-corrected chi connectivity index (χ2v) is 13.3. The lowest BCUT2D eigenvalue weighted by atomic mass is 9.90. The van der Waals surface area contributed by atoms with E-state index in [0.29, 0.717) is 20.0 Å². The van der Waals surface area contributed by atoms with E-state index in [1.165, 1.54) is 91.7 Å². The first-order valence-corrected chi connectivity index (χ1v) is 17.2. The van der Waals surface area contributed by atoms with Crippen molar-refractivity contribution in [2.24, 2.45) is 0 Å². The molecule has 5 heterocycles. The van der Waals surface area contributed by atoms with Gasteiger partial charge in [-0.25, -0.2) is 0 Å². The van der Waals surface area contributed by atoms with Crippen LogP contribution in [-0.2, 0) is 19.3 Å². The molecule has 6 nitrogen and oxygen atoms in total. The molecule has 9 rings (SSSR count). The van der Waals surface area contributed by atoms with Crippen molar-refractivity contribution in [3.8, 4) is 23.0 Å². The molecule has 4 aromatic rings. The van der Waals surface area contributed by atoms with E-state index < -0.39 is 0 Å². The Balaban J connectivity index is 0.000000146. The summed E-state index contributed by atoms with van der Waals surface area (Å²) in [5.74, 6) is 3.45. The van der Waals surface area contributed by atoms with Gasteiger partial charge in [0, 0.05) is 38.1 Å². The lowest BCUT2D eigenvalue weighted by Crippen LogP contribution is -2.34. The van der Waals surface area contributed by atoms with E-state index in [0.717, 1.165) is 23.0 Å². The van der Waals surface area contributed by atoms with Gasteiger partial charge in [0.15, 0.2) is 23.0 Å². The van der Waals surface area contributed by atoms with Crippen LogP contribution in [0.4, 0.5) is 11.4 Å². The van der Waals surface area contributed by atoms with Gasteiger partial charge in [0.2, 0.25) is 6.79 Å². The van der Waals surface area contributed by atoms with Gasteiger partial charge in [0.1, 0.15) is 13.2 Å². The first-order valence-electron chi connectivity index (χ1n) is 17.2. The van der Waals surface area contributed by atoms with Gasteiger partial charge in [0.05, 0.1) is 0 Å². The molecule has 264 valence electrons. The molecular weight excluding hydrogens is 608 g/mol. The van der Waals surface area contributed by atoms with Crippen molar-refractivity contribution < 1.29 is 18.9 Å². The van der Waals surface area contributed by atoms with E-state index in [4.69, 9.17) is 18.9 Å². The first-order chi connectivity index (χ1) is 22.8. The summed E-state index contributed by atoms with van der Waals surface area (Å²) in [6.07, 6.45) is 7.82. The van der Waals surface area contributed by atoms with Crippen LogP contribution in [0.5, 0.6) is 23.0 Å². The summed E-state index contributed by atoms with van der Waals surface area (Å²) >= 11 is 0. The smallest absolute Gasteiger partial charge is 0.231 e. The Morgan fingerprint density at radius 1 is 0.490 bits per heavy atom. The standard InChI is InChI=1S/C13H17N.C11H15N.C9H10O2.C8H8O2.2CH4/c1-10-8-11-4-2-6-14-7-3-5-12(9-10)13(11)14;1-9-5-6-11-10(8-9)4-3-7-12(11)2;1-7-2-3-8-9(6-7)11-5-4-10-8;1-6-2-3-7-8(4-6)10-5-9-7;;/h8-9H,2-7H2,1H3;5-6,8H,3-4,7H2,1-2H3;2-3,6H,4-5H2,1H3;2-4H,5H2,1H3;2*1H4. The molecule has 0 N–H and O–H groups in total. The van der Waals surface area contributed by atoms with Gasteiger partial charge in [-0.05, 0) is 124 Å². The highest BCUT2D eigenvalue weighted by Crippen LogP contribution is 2.36. The summed E-state index contributed by atoms with van der Waals surface area (Å²) in [6, 6.07) is 23.4. The molecule has 0 atom stereocenters. The minimum atomic E-state index is 0. The van der Waals surface area contributed by atoms with Gasteiger partial charge in [-0.15, -0.1) is 0 Å². The number of anilines is 2. The van der Waals surface area contributed by atoms with E-state index in [-0.39, 0.29) is 14.9 Å². The van der Waals surface area contributed by atoms with Crippen molar-refractivity contribution in [3.05, 3.63) is 106 Å². The summed E-state index contributed by atoms with van der Waals surface area (Å²) < 4.78 is 21.0. The highest BCUT2D eigenvalue weighted by atomic mass is 16.7. The predicted molar refractivity (Wildman–Crippen MR) is 206 cm³/mol. The molecular formula is C43H58N2O4. The topological polar surface area (TPSA) is 43.4 Å². The van der Waals surface area contributed by atoms with Crippen molar-refractivity contribution >= 4 is 11.4 Å². The molecule has 5 aliphatic heterocycles. The zero-order valence-corrected chi connectivity index (χ0v) is 28.9. The van der Waals surface area contributed by atoms with Gasteiger partial charge >= 0.3 is 0 Å². The fourth-order valence-electron chi connectivity index (χ4n) is 7.05. The highest BCUT2D eigenvalue weighted by molar-refractivity contribution is 5.64.